The third-order valence-electron chi connectivity index (χ3n) is 3.94. The van der Waals surface area contributed by atoms with Crippen LogP contribution in [0.2, 0.25) is 0 Å². The molecule has 1 aromatic carbocycles. The zero-order valence-electron chi connectivity index (χ0n) is 12.5. The van der Waals surface area contributed by atoms with Gasteiger partial charge in [-0.25, -0.2) is 0 Å². The van der Waals surface area contributed by atoms with Crippen LogP contribution in [0.25, 0.3) is 0 Å². The minimum absolute atomic E-state index is 0.159. The van der Waals surface area contributed by atoms with Gasteiger partial charge in [0.2, 0.25) is 5.91 Å². The fourth-order valence-electron chi connectivity index (χ4n) is 2.70. The van der Waals surface area contributed by atoms with Crippen molar-refractivity contribution in [1.29, 1.82) is 0 Å². The highest BCUT2D eigenvalue weighted by molar-refractivity contribution is 6.00. The van der Waals surface area contributed by atoms with Gasteiger partial charge in [-0.1, -0.05) is 24.6 Å². The summed E-state index contributed by atoms with van der Waals surface area (Å²) in [6, 6.07) is 7.05. The van der Waals surface area contributed by atoms with Crippen LogP contribution in [0, 0.1) is 12.8 Å². The van der Waals surface area contributed by atoms with E-state index in [1.165, 1.54) is 4.90 Å². The van der Waals surface area contributed by atoms with Crippen molar-refractivity contribution in [3.05, 3.63) is 29.8 Å². The first-order valence-corrected chi connectivity index (χ1v) is 7.32. The highest BCUT2D eigenvalue weighted by atomic mass is 16.4. The maximum absolute atomic E-state index is 12.7. The molecule has 114 valence electrons. The zero-order valence-corrected chi connectivity index (χ0v) is 12.5. The van der Waals surface area contributed by atoms with Crippen molar-refractivity contribution in [2.24, 2.45) is 5.92 Å². The largest absolute Gasteiger partial charge is 0.480 e. The van der Waals surface area contributed by atoms with Crippen molar-refractivity contribution in [1.82, 2.24) is 5.32 Å². The summed E-state index contributed by atoms with van der Waals surface area (Å²) in [6.07, 6.45) is 2.03. The number of carbonyl (C=O) groups is 2. The second kappa shape index (κ2) is 6.72. The normalized spacial score (nSPS) is 21.8. The molecule has 1 aromatic rings. The number of carbonyl (C=O) groups excluding carboxylic acids is 1. The molecule has 1 amide bonds. The average Bonchev–Trinajstić information content (AvgIpc) is 2.45. The average molecular weight is 290 g/mol. The van der Waals surface area contributed by atoms with Gasteiger partial charge in [0.1, 0.15) is 6.54 Å². The molecule has 0 aliphatic carbocycles. The predicted octanol–water partition coefficient (Wildman–Crippen LogP) is 1.80. The van der Waals surface area contributed by atoms with Crippen LogP contribution in [-0.4, -0.2) is 36.1 Å². The summed E-state index contributed by atoms with van der Waals surface area (Å²) in [5.41, 5.74) is 1.71. The van der Waals surface area contributed by atoms with Gasteiger partial charge in [-0.3, -0.25) is 14.5 Å². The number of nitrogens with zero attached hydrogens (tertiary/aromatic N) is 1. The first-order chi connectivity index (χ1) is 9.99. The molecule has 21 heavy (non-hydrogen) atoms. The number of amides is 1. The van der Waals surface area contributed by atoms with Gasteiger partial charge in [0, 0.05) is 5.69 Å². The molecule has 2 N–H and O–H groups in total. The predicted molar refractivity (Wildman–Crippen MR) is 81.4 cm³/mol. The van der Waals surface area contributed by atoms with Crippen LogP contribution in [0.15, 0.2) is 24.3 Å². The quantitative estimate of drug-likeness (QED) is 0.887. The third kappa shape index (κ3) is 3.82. The van der Waals surface area contributed by atoms with E-state index in [-0.39, 0.29) is 24.4 Å². The molecule has 1 fully saturated rings. The van der Waals surface area contributed by atoms with Gasteiger partial charge >= 0.3 is 5.97 Å². The topological polar surface area (TPSA) is 69.6 Å². The molecule has 1 aliphatic rings. The summed E-state index contributed by atoms with van der Waals surface area (Å²) in [7, 11) is 0. The van der Waals surface area contributed by atoms with E-state index in [1.54, 1.807) is 12.1 Å². The molecule has 0 radical (unpaired) electrons. The molecular weight excluding hydrogens is 268 g/mol. The monoisotopic (exact) mass is 290 g/mol. The number of carboxylic acid groups (broad SMARTS) is 1. The van der Waals surface area contributed by atoms with Gasteiger partial charge < -0.3 is 10.4 Å². The van der Waals surface area contributed by atoms with E-state index in [0.29, 0.717) is 5.69 Å². The van der Waals surface area contributed by atoms with E-state index in [9.17, 15) is 9.59 Å². The number of anilines is 1. The van der Waals surface area contributed by atoms with Gasteiger partial charge in [-0.2, -0.15) is 0 Å². The van der Waals surface area contributed by atoms with Crippen LogP contribution in [0.1, 0.15) is 25.3 Å². The minimum atomic E-state index is -1.01. The summed E-state index contributed by atoms with van der Waals surface area (Å²) in [6.45, 7) is 4.48. The first-order valence-electron chi connectivity index (χ1n) is 7.32. The SMILES string of the molecule is Cc1ccc(N(CC(=O)O)C(=O)C2NCCCC2C)cc1. The van der Waals surface area contributed by atoms with Gasteiger partial charge in [-0.05, 0) is 44.4 Å². The maximum Gasteiger partial charge on any atom is 0.323 e. The smallest absolute Gasteiger partial charge is 0.323 e. The fraction of sp³-hybridized carbons (Fsp3) is 0.500. The standard InChI is InChI=1S/C16H22N2O3/c1-11-5-7-13(8-6-11)18(10-14(19)20)16(21)15-12(2)4-3-9-17-15/h5-8,12,15,17H,3-4,9-10H2,1-2H3,(H,19,20). The number of benzene rings is 1. The Bertz CT molecular complexity index is 513. The lowest BCUT2D eigenvalue weighted by Gasteiger charge is -2.33. The molecule has 2 rings (SSSR count). The minimum Gasteiger partial charge on any atom is -0.480 e. The van der Waals surface area contributed by atoms with Crippen LogP contribution in [0.4, 0.5) is 5.69 Å². The third-order valence-corrected chi connectivity index (χ3v) is 3.94. The van der Waals surface area contributed by atoms with E-state index in [2.05, 4.69) is 5.32 Å². The lowest BCUT2D eigenvalue weighted by Crippen LogP contribution is -2.53. The number of carboxylic acids is 1. The van der Waals surface area contributed by atoms with Crippen LogP contribution in [0.5, 0.6) is 0 Å². The van der Waals surface area contributed by atoms with Crippen LogP contribution in [0.3, 0.4) is 0 Å². The summed E-state index contributed by atoms with van der Waals surface area (Å²) in [5, 5.41) is 12.3. The van der Waals surface area contributed by atoms with E-state index >= 15 is 0 Å². The number of nitrogens with one attached hydrogen (secondary N) is 1. The number of piperidine rings is 1. The van der Waals surface area contributed by atoms with Gasteiger partial charge in [0.25, 0.3) is 0 Å². The van der Waals surface area contributed by atoms with Crippen LogP contribution in [-0.2, 0) is 9.59 Å². The molecule has 0 saturated carbocycles. The lowest BCUT2D eigenvalue weighted by atomic mass is 9.91. The second-order valence-electron chi connectivity index (χ2n) is 5.70. The van der Waals surface area contributed by atoms with Crippen molar-refractivity contribution >= 4 is 17.6 Å². The molecule has 5 heteroatoms. The van der Waals surface area contributed by atoms with E-state index in [0.717, 1.165) is 24.9 Å². The molecule has 2 atom stereocenters. The summed E-state index contributed by atoms with van der Waals surface area (Å²) in [4.78, 5) is 25.2. The molecule has 1 heterocycles. The summed E-state index contributed by atoms with van der Waals surface area (Å²) in [5.74, 6) is -0.950. The Morgan fingerprint density at radius 1 is 1.33 bits per heavy atom. The van der Waals surface area contributed by atoms with Gasteiger partial charge in [0.15, 0.2) is 0 Å². The number of hydrogen-bond donors (Lipinski definition) is 2. The Labute approximate surface area is 125 Å². The number of aryl methyl sites for hydroxylation is 1. The summed E-state index contributed by atoms with van der Waals surface area (Å²) >= 11 is 0. The van der Waals surface area contributed by atoms with Crippen molar-refractivity contribution in [3.63, 3.8) is 0 Å². The molecule has 0 aromatic heterocycles. The second-order valence-corrected chi connectivity index (χ2v) is 5.70. The molecule has 2 unspecified atom stereocenters. The van der Waals surface area contributed by atoms with Gasteiger partial charge in [0.05, 0.1) is 6.04 Å². The summed E-state index contributed by atoms with van der Waals surface area (Å²) < 4.78 is 0. The molecule has 0 spiro atoms. The Balaban J connectivity index is 2.24. The van der Waals surface area contributed by atoms with Crippen molar-refractivity contribution < 1.29 is 14.7 Å². The van der Waals surface area contributed by atoms with Gasteiger partial charge in [-0.15, -0.1) is 0 Å². The molecule has 0 bridgehead atoms. The fourth-order valence-corrected chi connectivity index (χ4v) is 2.70. The molecular formula is C16H22N2O3. The first kappa shape index (κ1) is 15.5. The maximum atomic E-state index is 12.7. The highest BCUT2D eigenvalue weighted by Gasteiger charge is 2.32. The Kier molecular flexibility index (Phi) is 4.96. The Morgan fingerprint density at radius 2 is 2.00 bits per heavy atom. The van der Waals surface area contributed by atoms with E-state index in [1.807, 2.05) is 26.0 Å². The van der Waals surface area contributed by atoms with Crippen molar-refractivity contribution in [2.45, 2.75) is 32.7 Å². The zero-order chi connectivity index (χ0) is 15.4. The van der Waals surface area contributed by atoms with E-state index < -0.39 is 5.97 Å². The highest BCUT2D eigenvalue weighted by Crippen LogP contribution is 2.21. The molecule has 5 nitrogen and oxygen atoms in total. The Hall–Kier alpha value is -1.88. The molecule has 1 saturated heterocycles. The van der Waals surface area contributed by atoms with Crippen molar-refractivity contribution in [2.75, 3.05) is 18.0 Å². The number of aliphatic carboxylic acids is 1. The van der Waals surface area contributed by atoms with Crippen LogP contribution < -0.4 is 10.2 Å². The Morgan fingerprint density at radius 3 is 2.57 bits per heavy atom. The lowest BCUT2D eigenvalue weighted by molar-refractivity contribution is -0.137. The molecule has 1 aliphatic heterocycles. The van der Waals surface area contributed by atoms with Crippen LogP contribution >= 0.6 is 0 Å². The van der Waals surface area contributed by atoms with Crippen molar-refractivity contribution in [3.8, 4) is 0 Å². The number of hydrogen-bond acceptors (Lipinski definition) is 3. The van der Waals surface area contributed by atoms with E-state index in [4.69, 9.17) is 5.11 Å². The number of rotatable bonds is 4.